The highest BCUT2D eigenvalue weighted by Gasteiger charge is 2.24. The highest BCUT2D eigenvalue weighted by molar-refractivity contribution is 7.99. The molecular formula is C13H13ClN4O4S. The number of aryl methyl sites for hydroxylation is 1. The number of esters is 1. The van der Waals surface area contributed by atoms with Crippen LogP contribution in [0.5, 0.6) is 0 Å². The molecule has 0 atom stereocenters. The second-order valence-corrected chi connectivity index (χ2v) is 5.69. The van der Waals surface area contributed by atoms with Gasteiger partial charge in [0.15, 0.2) is 0 Å². The number of nitro benzene ring substituents is 1. The first-order valence-corrected chi connectivity index (χ1v) is 7.89. The Morgan fingerprint density at radius 1 is 1.48 bits per heavy atom. The molecule has 122 valence electrons. The summed E-state index contributed by atoms with van der Waals surface area (Å²) in [4.78, 5) is 26.8. The number of nitro groups is 1. The molecule has 2 aromatic rings. The number of aromatic nitrogens is 3. The van der Waals surface area contributed by atoms with Gasteiger partial charge in [-0.05, 0) is 24.8 Å². The van der Waals surface area contributed by atoms with Crippen molar-refractivity contribution in [3.8, 4) is 0 Å². The van der Waals surface area contributed by atoms with Crippen LogP contribution >= 0.6 is 23.4 Å². The Morgan fingerprint density at radius 3 is 2.78 bits per heavy atom. The monoisotopic (exact) mass is 356 g/mol. The minimum Gasteiger partial charge on any atom is -0.462 e. The predicted octanol–water partition coefficient (Wildman–Crippen LogP) is 3.26. The van der Waals surface area contributed by atoms with Crippen molar-refractivity contribution in [2.45, 2.75) is 30.3 Å². The van der Waals surface area contributed by atoms with Crippen LogP contribution in [-0.2, 0) is 11.2 Å². The summed E-state index contributed by atoms with van der Waals surface area (Å²) in [5.74, 6) is -0.00497. The van der Waals surface area contributed by atoms with Crippen molar-refractivity contribution in [2.75, 3.05) is 6.61 Å². The van der Waals surface area contributed by atoms with Crippen LogP contribution in [0.15, 0.2) is 22.2 Å². The number of rotatable bonds is 6. The Balaban J connectivity index is 2.41. The molecule has 1 aromatic heterocycles. The van der Waals surface area contributed by atoms with Crippen molar-refractivity contribution in [1.82, 2.24) is 15.2 Å². The molecule has 0 aliphatic rings. The summed E-state index contributed by atoms with van der Waals surface area (Å²) in [6.07, 6.45) is 0.658. The van der Waals surface area contributed by atoms with Crippen molar-refractivity contribution in [2.24, 2.45) is 0 Å². The number of aromatic amines is 1. The SMILES string of the molecule is CCOC(=O)c1cc(Cl)c(Sc2n[nH]c(CC)n2)c([N+](=O)[O-])c1. The number of halogens is 1. The number of ether oxygens (including phenoxy) is 1. The molecule has 0 saturated heterocycles. The lowest BCUT2D eigenvalue weighted by molar-refractivity contribution is -0.387. The number of carbonyl (C=O) groups is 1. The largest absolute Gasteiger partial charge is 0.462 e. The van der Waals surface area contributed by atoms with Gasteiger partial charge in [0.25, 0.3) is 5.69 Å². The zero-order valence-electron chi connectivity index (χ0n) is 12.3. The summed E-state index contributed by atoms with van der Waals surface area (Å²) < 4.78 is 4.84. The molecule has 0 aliphatic carbocycles. The number of carbonyl (C=O) groups excluding carboxylic acids is 1. The average Bonchev–Trinajstić information content (AvgIpc) is 2.96. The second kappa shape index (κ2) is 7.42. The lowest BCUT2D eigenvalue weighted by Gasteiger charge is -2.06. The maximum atomic E-state index is 11.7. The van der Waals surface area contributed by atoms with E-state index in [1.807, 2.05) is 6.92 Å². The van der Waals surface area contributed by atoms with Crippen molar-refractivity contribution in [3.05, 3.63) is 38.7 Å². The zero-order chi connectivity index (χ0) is 17.0. The minimum atomic E-state index is -0.666. The Labute approximate surface area is 140 Å². The van der Waals surface area contributed by atoms with Crippen LogP contribution in [0.3, 0.4) is 0 Å². The normalized spacial score (nSPS) is 10.6. The number of nitrogens with zero attached hydrogens (tertiary/aromatic N) is 3. The molecule has 8 nitrogen and oxygen atoms in total. The molecule has 0 fully saturated rings. The molecule has 0 saturated carbocycles. The maximum Gasteiger partial charge on any atom is 0.338 e. The van der Waals surface area contributed by atoms with E-state index in [4.69, 9.17) is 16.3 Å². The van der Waals surface area contributed by atoms with Gasteiger partial charge in [0.2, 0.25) is 5.16 Å². The van der Waals surface area contributed by atoms with Crippen LogP contribution in [0.1, 0.15) is 30.0 Å². The van der Waals surface area contributed by atoms with Crippen LogP contribution in [0.2, 0.25) is 5.02 Å². The standard InChI is InChI=1S/C13H13ClN4O4S/c1-3-10-15-13(17-16-10)23-11-8(14)5-7(12(19)22-4-2)6-9(11)18(20)21/h5-6H,3-4H2,1-2H3,(H,15,16,17). The fraction of sp³-hybridized carbons (Fsp3) is 0.308. The van der Waals surface area contributed by atoms with Crippen LogP contribution in [0, 0.1) is 10.1 Å². The van der Waals surface area contributed by atoms with E-state index < -0.39 is 10.9 Å². The Morgan fingerprint density at radius 2 is 2.22 bits per heavy atom. The third kappa shape index (κ3) is 3.99. The highest BCUT2D eigenvalue weighted by Crippen LogP contribution is 2.39. The Hall–Kier alpha value is -2.13. The van der Waals surface area contributed by atoms with Gasteiger partial charge in [-0.1, -0.05) is 18.5 Å². The van der Waals surface area contributed by atoms with Gasteiger partial charge in [0, 0.05) is 12.5 Å². The summed E-state index contributed by atoms with van der Waals surface area (Å²) in [6.45, 7) is 3.71. The number of benzene rings is 1. The molecule has 2 rings (SSSR count). The topological polar surface area (TPSA) is 111 Å². The molecular weight excluding hydrogens is 344 g/mol. The Bertz CT molecular complexity index is 750. The van der Waals surface area contributed by atoms with Crippen molar-refractivity contribution < 1.29 is 14.5 Å². The molecule has 10 heteroatoms. The molecule has 0 aliphatic heterocycles. The summed E-state index contributed by atoms with van der Waals surface area (Å²) >= 11 is 7.07. The van der Waals surface area contributed by atoms with E-state index in [1.54, 1.807) is 6.92 Å². The van der Waals surface area contributed by atoms with Gasteiger partial charge in [0.1, 0.15) is 10.7 Å². The van der Waals surface area contributed by atoms with Crippen LogP contribution < -0.4 is 0 Å². The zero-order valence-corrected chi connectivity index (χ0v) is 13.9. The van der Waals surface area contributed by atoms with Crippen molar-refractivity contribution >= 4 is 35.0 Å². The lowest BCUT2D eigenvalue weighted by Crippen LogP contribution is -2.06. The van der Waals surface area contributed by atoms with Gasteiger partial charge in [-0.15, -0.1) is 5.10 Å². The smallest absolute Gasteiger partial charge is 0.338 e. The minimum absolute atomic E-state index is 0.0251. The number of nitrogens with one attached hydrogen (secondary N) is 1. The first kappa shape index (κ1) is 17.2. The second-order valence-electron chi connectivity index (χ2n) is 4.30. The van der Waals surface area contributed by atoms with Gasteiger partial charge >= 0.3 is 5.97 Å². The number of hydrogen-bond acceptors (Lipinski definition) is 7. The molecule has 0 amide bonds. The van der Waals surface area contributed by atoms with Gasteiger partial charge < -0.3 is 4.74 Å². The van der Waals surface area contributed by atoms with Gasteiger partial charge in [0.05, 0.1) is 22.1 Å². The van der Waals surface area contributed by atoms with Gasteiger partial charge in [-0.3, -0.25) is 15.2 Å². The van der Waals surface area contributed by atoms with Gasteiger partial charge in [-0.25, -0.2) is 9.78 Å². The van der Waals surface area contributed by atoms with Crippen LogP contribution in [0.25, 0.3) is 0 Å². The molecule has 0 spiro atoms. The molecule has 1 heterocycles. The predicted molar refractivity (Wildman–Crippen MR) is 83.9 cm³/mol. The van der Waals surface area contributed by atoms with E-state index in [0.29, 0.717) is 17.4 Å². The van der Waals surface area contributed by atoms with E-state index in [-0.39, 0.29) is 27.8 Å². The Kier molecular flexibility index (Phi) is 5.56. The fourth-order valence-electron chi connectivity index (χ4n) is 1.72. The fourth-order valence-corrected chi connectivity index (χ4v) is 2.87. The molecule has 23 heavy (non-hydrogen) atoms. The number of H-pyrrole nitrogens is 1. The molecule has 0 radical (unpaired) electrons. The van der Waals surface area contributed by atoms with Crippen LogP contribution in [-0.4, -0.2) is 32.7 Å². The van der Waals surface area contributed by atoms with Gasteiger partial charge in [-0.2, -0.15) is 0 Å². The van der Waals surface area contributed by atoms with E-state index in [9.17, 15) is 14.9 Å². The van der Waals surface area contributed by atoms with E-state index in [0.717, 1.165) is 17.8 Å². The van der Waals surface area contributed by atoms with E-state index >= 15 is 0 Å². The molecule has 0 unspecified atom stereocenters. The number of hydrogen-bond donors (Lipinski definition) is 1. The van der Waals surface area contributed by atoms with Crippen molar-refractivity contribution in [1.29, 1.82) is 0 Å². The molecule has 0 bridgehead atoms. The first-order chi connectivity index (χ1) is 11.0. The third-order valence-electron chi connectivity index (χ3n) is 2.77. The summed E-state index contributed by atoms with van der Waals surface area (Å²) in [5, 5.41) is 18.4. The quantitative estimate of drug-likeness (QED) is 0.480. The average molecular weight is 357 g/mol. The molecule has 1 N–H and O–H groups in total. The third-order valence-corrected chi connectivity index (χ3v) is 4.18. The van der Waals surface area contributed by atoms with Crippen LogP contribution in [0.4, 0.5) is 5.69 Å². The van der Waals surface area contributed by atoms with Crippen molar-refractivity contribution in [3.63, 3.8) is 0 Å². The van der Waals surface area contributed by atoms with E-state index in [2.05, 4.69) is 15.2 Å². The maximum absolute atomic E-state index is 11.7. The van der Waals surface area contributed by atoms with E-state index in [1.165, 1.54) is 6.07 Å². The first-order valence-electron chi connectivity index (χ1n) is 6.70. The lowest BCUT2D eigenvalue weighted by atomic mass is 10.2. The summed E-state index contributed by atoms with van der Waals surface area (Å²) in [6, 6.07) is 2.47. The summed E-state index contributed by atoms with van der Waals surface area (Å²) in [7, 11) is 0. The summed E-state index contributed by atoms with van der Waals surface area (Å²) in [5.41, 5.74) is -0.273. The highest BCUT2D eigenvalue weighted by atomic mass is 35.5. The molecule has 1 aromatic carbocycles.